The van der Waals surface area contributed by atoms with Crippen molar-refractivity contribution in [3.8, 4) is 0 Å². The van der Waals surface area contributed by atoms with Crippen LogP contribution in [0.15, 0.2) is 42.5 Å². The quantitative estimate of drug-likeness (QED) is 0.867. The minimum atomic E-state index is -3.67. The Morgan fingerprint density at radius 1 is 1.15 bits per heavy atom. The zero-order valence-electron chi connectivity index (χ0n) is 14.5. The minimum absolute atomic E-state index is 0.0961. The number of benzene rings is 2. The molecule has 0 bridgehead atoms. The average Bonchev–Trinajstić information content (AvgIpc) is 2.55. The van der Waals surface area contributed by atoms with E-state index >= 15 is 0 Å². The maximum Gasteiger partial charge on any atom is 0.236 e. The van der Waals surface area contributed by atoms with Crippen molar-refractivity contribution in [3.05, 3.63) is 59.4 Å². The number of hydrogen-bond acceptors (Lipinski definition) is 3. The highest BCUT2D eigenvalue weighted by Crippen LogP contribution is 2.27. The second kappa shape index (κ2) is 7.45. The van der Waals surface area contributed by atoms with Crippen molar-refractivity contribution in [2.45, 2.75) is 31.9 Å². The molecule has 0 aromatic heterocycles. The lowest BCUT2D eigenvalue weighted by molar-refractivity contribution is -0.119. The Labute approximate surface area is 152 Å². The van der Waals surface area contributed by atoms with Gasteiger partial charge in [0.25, 0.3) is 0 Å². The summed E-state index contributed by atoms with van der Waals surface area (Å²) in [5.41, 5.74) is 2.44. The van der Waals surface area contributed by atoms with Crippen LogP contribution in [0.4, 0.5) is 15.8 Å². The van der Waals surface area contributed by atoms with Crippen LogP contribution in [0.3, 0.4) is 0 Å². The Bertz CT molecular complexity index is 928. The molecule has 5 nitrogen and oxygen atoms in total. The number of rotatable bonds is 5. The van der Waals surface area contributed by atoms with Crippen LogP contribution in [0.2, 0.25) is 0 Å². The summed E-state index contributed by atoms with van der Waals surface area (Å²) in [6.45, 7) is 2.53. The van der Waals surface area contributed by atoms with Crippen molar-refractivity contribution >= 4 is 27.3 Å². The molecule has 1 aliphatic heterocycles. The van der Waals surface area contributed by atoms with E-state index in [1.165, 1.54) is 18.2 Å². The summed E-state index contributed by atoms with van der Waals surface area (Å²) in [5, 5.41) is 0. The van der Waals surface area contributed by atoms with Gasteiger partial charge in [0.2, 0.25) is 15.9 Å². The van der Waals surface area contributed by atoms with Crippen molar-refractivity contribution in [3.63, 3.8) is 0 Å². The lowest BCUT2D eigenvalue weighted by atomic mass is 10.1. The van der Waals surface area contributed by atoms with Gasteiger partial charge in [-0.15, -0.1) is 0 Å². The van der Waals surface area contributed by atoms with E-state index in [-0.39, 0.29) is 11.7 Å². The van der Waals surface area contributed by atoms with Crippen LogP contribution >= 0.6 is 0 Å². The number of amides is 1. The number of carbonyl (C=O) groups excluding carboxylic acids is 1. The van der Waals surface area contributed by atoms with E-state index in [0.29, 0.717) is 24.2 Å². The van der Waals surface area contributed by atoms with Crippen LogP contribution in [0.25, 0.3) is 0 Å². The Morgan fingerprint density at radius 2 is 1.96 bits per heavy atom. The molecule has 2 aromatic carbocycles. The third kappa shape index (κ3) is 4.40. The second-order valence-corrected chi connectivity index (χ2v) is 8.22. The highest BCUT2D eigenvalue weighted by molar-refractivity contribution is 7.91. The molecular weight excluding hydrogens is 355 g/mol. The maximum atomic E-state index is 13.2. The summed E-state index contributed by atoms with van der Waals surface area (Å²) in [4.78, 5) is 13.8. The molecule has 1 fully saturated rings. The zero-order chi connectivity index (χ0) is 18.7. The van der Waals surface area contributed by atoms with Gasteiger partial charge in [-0.2, -0.15) is 0 Å². The van der Waals surface area contributed by atoms with Gasteiger partial charge >= 0.3 is 0 Å². The molecule has 1 heterocycles. The van der Waals surface area contributed by atoms with E-state index in [2.05, 4.69) is 4.72 Å². The summed E-state index contributed by atoms with van der Waals surface area (Å²) in [6.07, 6.45) is 2.42. The molecule has 0 unspecified atom stereocenters. The number of nitrogens with zero attached hydrogens (tertiary/aromatic N) is 1. The largest absolute Gasteiger partial charge is 0.312 e. The van der Waals surface area contributed by atoms with Gasteiger partial charge in [-0.3, -0.25) is 9.52 Å². The molecule has 26 heavy (non-hydrogen) atoms. The third-order valence-electron chi connectivity index (χ3n) is 4.33. The summed E-state index contributed by atoms with van der Waals surface area (Å²) in [7, 11) is -3.67. The Hall–Kier alpha value is -2.41. The molecule has 1 amide bonds. The molecule has 1 aliphatic rings. The summed E-state index contributed by atoms with van der Waals surface area (Å²) >= 11 is 0. The first-order valence-electron chi connectivity index (χ1n) is 8.50. The van der Waals surface area contributed by atoms with Gasteiger partial charge in [0.15, 0.2) is 0 Å². The number of piperidine rings is 1. The van der Waals surface area contributed by atoms with Gasteiger partial charge in [0.05, 0.1) is 5.75 Å². The molecule has 7 heteroatoms. The van der Waals surface area contributed by atoms with Crippen LogP contribution in [0.5, 0.6) is 0 Å². The maximum absolute atomic E-state index is 13.2. The van der Waals surface area contributed by atoms with Gasteiger partial charge in [-0.1, -0.05) is 12.1 Å². The first-order valence-corrected chi connectivity index (χ1v) is 10.2. The van der Waals surface area contributed by atoms with Crippen LogP contribution in [0, 0.1) is 12.7 Å². The first kappa shape index (κ1) is 18.4. The Kier molecular flexibility index (Phi) is 5.27. The van der Waals surface area contributed by atoms with E-state index in [1.807, 2.05) is 6.92 Å². The van der Waals surface area contributed by atoms with Crippen LogP contribution < -0.4 is 9.62 Å². The highest BCUT2D eigenvalue weighted by Gasteiger charge is 2.21. The van der Waals surface area contributed by atoms with Gasteiger partial charge in [0.1, 0.15) is 5.82 Å². The molecule has 2 aromatic rings. The monoisotopic (exact) mass is 376 g/mol. The van der Waals surface area contributed by atoms with Gasteiger partial charge in [-0.05, 0) is 61.2 Å². The van der Waals surface area contributed by atoms with E-state index in [0.717, 1.165) is 24.1 Å². The average molecular weight is 376 g/mol. The van der Waals surface area contributed by atoms with Crippen LogP contribution in [-0.4, -0.2) is 20.9 Å². The Balaban J connectivity index is 1.75. The first-order chi connectivity index (χ1) is 12.3. The zero-order valence-corrected chi connectivity index (χ0v) is 15.4. The lowest BCUT2D eigenvalue weighted by Gasteiger charge is -2.28. The van der Waals surface area contributed by atoms with Crippen LogP contribution in [0.1, 0.15) is 30.4 Å². The smallest absolute Gasteiger partial charge is 0.236 e. The van der Waals surface area contributed by atoms with E-state index in [9.17, 15) is 17.6 Å². The van der Waals surface area contributed by atoms with Crippen molar-refractivity contribution in [2.24, 2.45) is 0 Å². The SMILES string of the molecule is Cc1cc(NS(=O)(=O)Cc2cccc(F)c2)ccc1N1CCCCC1=O. The fourth-order valence-electron chi connectivity index (χ4n) is 3.14. The summed E-state index contributed by atoms with van der Waals surface area (Å²) < 4.78 is 40.4. The van der Waals surface area contributed by atoms with Crippen molar-refractivity contribution in [1.82, 2.24) is 0 Å². The molecule has 1 saturated heterocycles. The number of anilines is 2. The van der Waals surface area contributed by atoms with E-state index < -0.39 is 15.8 Å². The normalized spacial score (nSPS) is 15.2. The topological polar surface area (TPSA) is 66.5 Å². The molecule has 0 spiro atoms. The lowest BCUT2D eigenvalue weighted by Crippen LogP contribution is -2.35. The van der Waals surface area contributed by atoms with Crippen LogP contribution in [-0.2, 0) is 20.6 Å². The second-order valence-electron chi connectivity index (χ2n) is 6.49. The van der Waals surface area contributed by atoms with Crippen molar-refractivity contribution in [1.29, 1.82) is 0 Å². The molecular formula is C19H21FN2O3S. The summed E-state index contributed by atoms with van der Waals surface area (Å²) in [6, 6.07) is 10.6. The fraction of sp³-hybridized carbons (Fsp3) is 0.316. The molecule has 1 N–H and O–H groups in total. The van der Waals surface area contributed by atoms with Gasteiger partial charge in [-0.25, -0.2) is 12.8 Å². The molecule has 0 saturated carbocycles. The number of hydrogen-bond donors (Lipinski definition) is 1. The number of halogens is 1. The third-order valence-corrected chi connectivity index (χ3v) is 5.59. The number of nitrogens with one attached hydrogen (secondary N) is 1. The van der Waals surface area contributed by atoms with E-state index in [4.69, 9.17) is 0 Å². The highest BCUT2D eigenvalue weighted by atomic mass is 32.2. The predicted molar refractivity (Wildman–Crippen MR) is 100 cm³/mol. The Morgan fingerprint density at radius 3 is 2.65 bits per heavy atom. The number of carbonyl (C=O) groups is 1. The predicted octanol–water partition coefficient (Wildman–Crippen LogP) is 3.59. The van der Waals surface area contributed by atoms with Crippen molar-refractivity contribution < 1.29 is 17.6 Å². The standard InChI is InChI=1S/C19H21FN2O3S/c1-14-11-17(8-9-18(14)22-10-3-2-7-19(22)23)21-26(24,25)13-15-5-4-6-16(20)12-15/h4-6,8-9,11-12,21H,2-3,7,10,13H2,1H3. The van der Waals surface area contributed by atoms with Gasteiger partial charge < -0.3 is 4.90 Å². The number of sulfonamides is 1. The van der Waals surface area contributed by atoms with Gasteiger partial charge in [0, 0.05) is 24.3 Å². The molecule has 0 atom stereocenters. The molecule has 3 rings (SSSR count). The summed E-state index contributed by atoms with van der Waals surface area (Å²) in [5.74, 6) is -0.682. The molecule has 138 valence electrons. The molecule has 0 aliphatic carbocycles. The minimum Gasteiger partial charge on any atom is -0.312 e. The fourth-order valence-corrected chi connectivity index (χ4v) is 4.32. The van der Waals surface area contributed by atoms with Crippen molar-refractivity contribution in [2.75, 3.05) is 16.2 Å². The molecule has 0 radical (unpaired) electrons. The number of aryl methyl sites for hydroxylation is 1. The van der Waals surface area contributed by atoms with E-state index in [1.54, 1.807) is 29.2 Å².